The van der Waals surface area contributed by atoms with Crippen LogP contribution in [0.25, 0.3) is 0 Å². The number of benzene rings is 1. The molecule has 1 atom stereocenters. The SMILES string of the molecule is CCCC(NC(=O)Nc1ccc(C#N)cc1Cl)C(=O)O. The lowest BCUT2D eigenvalue weighted by atomic mass is 10.2. The Labute approximate surface area is 121 Å². The molecule has 20 heavy (non-hydrogen) atoms. The summed E-state index contributed by atoms with van der Waals surface area (Å²) in [5, 5.41) is 22.6. The molecule has 106 valence electrons. The quantitative estimate of drug-likeness (QED) is 0.777. The molecule has 0 heterocycles. The highest BCUT2D eigenvalue weighted by molar-refractivity contribution is 6.33. The van der Waals surface area contributed by atoms with E-state index in [1.54, 1.807) is 0 Å². The van der Waals surface area contributed by atoms with Gasteiger partial charge in [0, 0.05) is 0 Å². The highest BCUT2D eigenvalue weighted by Gasteiger charge is 2.19. The van der Waals surface area contributed by atoms with E-state index in [2.05, 4.69) is 10.6 Å². The van der Waals surface area contributed by atoms with Crippen molar-refractivity contribution in [3.63, 3.8) is 0 Å². The minimum Gasteiger partial charge on any atom is -0.480 e. The van der Waals surface area contributed by atoms with Gasteiger partial charge in [-0.05, 0) is 24.6 Å². The number of carbonyl (C=O) groups is 2. The smallest absolute Gasteiger partial charge is 0.326 e. The van der Waals surface area contributed by atoms with Gasteiger partial charge in [-0.2, -0.15) is 5.26 Å². The fourth-order valence-electron chi connectivity index (χ4n) is 1.55. The van der Waals surface area contributed by atoms with Crippen LogP contribution in [0.1, 0.15) is 25.3 Å². The van der Waals surface area contributed by atoms with Crippen molar-refractivity contribution < 1.29 is 14.7 Å². The van der Waals surface area contributed by atoms with Gasteiger partial charge in [0.15, 0.2) is 0 Å². The van der Waals surface area contributed by atoms with Crippen LogP contribution in [-0.4, -0.2) is 23.1 Å². The number of anilines is 1. The van der Waals surface area contributed by atoms with E-state index in [1.165, 1.54) is 18.2 Å². The van der Waals surface area contributed by atoms with Crippen molar-refractivity contribution in [2.75, 3.05) is 5.32 Å². The molecule has 1 aromatic carbocycles. The van der Waals surface area contributed by atoms with E-state index in [9.17, 15) is 9.59 Å². The molecule has 0 saturated carbocycles. The van der Waals surface area contributed by atoms with Crippen molar-refractivity contribution in [1.29, 1.82) is 5.26 Å². The second kappa shape index (κ2) is 7.36. The van der Waals surface area contributed by atoms with E-state index in [0.29, 0.717) is 24.1 Å². The predicted octanol–water partition coefficient (Wildman–Crippen LogP) is 2.59. The summed E-state index contributed by atoms with van der Waals surface area (Å²) in [5.41, 5.74) is 0.680. The summed E-state index contributed by atoms with van der Waals surface area (Å²) in [6.45, 7) is 1.83. The molecule has 7 heteroatoms. The minimum absolute atomic E-state index is 0.210. The average Bonchev–Trinajstić information content (AvgIpc) is 2.40. The van der Waals surface area contributed by atoms with Gasteiger partial charge in [0.25, 0.3) is 0 Å². The summed E-state index contributed by atoms with van der Waals surface area (Å²) < 4.78 is 0. The summed E-state index contributed by atoms with van der Waals surface area (Å²) in [4.78, 5) is 22.6. The maximum atomic E-state index is 11.7. The Hall–Kier alpha value is -2.26. The van der Waals surface area contributed by atoms with Gasteiger partial charge >= 0.3 is 12.0 Å². The molecular formula is C13H14ClN3O3. The third-order valence-electron chi connectivity index (χ3n) is 2.53. The number of carbonyl (C=O) groups excluding carboxylic acids is 1. The van der Waals surface area contributed by atoms with E-state index >= 15 is 0 Å². The number of rotatable bonds is 5. The highest BCUT2D eigenvalue weighted by Crippen LogP contribution is 2.22. The Kier molecular flexibility index (Phi) is 5.81. The van der Waals surface area contributed by atoms with Gasteiger partial charge in [-0.25, -0.2) is 9.59 Å². The molecule has 1 rings (SSSR count). The lowest BCUT2D eigenvalue weighted by Crippen LogP contribution is -2.42. The number of hydrogen-bond acceptors (Lipinski definition) is 3. The molecule has 0 aliphatic carbocycles. The Morgan fingerprint density at radius 1 is 1.50 bits per heavy atom. The van der Waals surface area contributed by atoms with Crippen LogP contribution >= 0.6 is 11.6 Å². The van der Waals surface area contributed by atoms with Crippen LogP contribution in [0, 0.1) is 11.3 Å². The number of carboxylic acids is 1. The van der Waals surface area contributed by atoms with Gasteiger partial charge in [-0.3, -0.25) is 0 Å². The molecule has 3 N–H and O–H groups in total. The van der Waals surface area contributed by atoms with Crippen LogP contribution in [0.3, 0.4) is 0 Å². The van der Waals surface area contributed by atoms with E-state index in [4.69, 9.17) is 22.0 Å². The number of urea groups is 1. The van der Waals surface area contributed by atoms with Crippen molar-refractivity contribution in [3.05, 3.63) is 28.8 Å². The second-order valence-electron chi connectivity index (χ2n) is 4.08. The molecule has 0 spiro atoms. The fraction of sp³-hybridized carbons (Fsp3) is 0.308. The molecular weight excluding hydrogens is 282 g/mol. The standard InChI is InChI=1S/C13H14ClN3O3/c1-2-3-11(12(18)19)17-13(20)16-10-5-4-8(7-15)6-9(10)14/h4-6,11H,2-3H2,1H3,(H,18,19)(H2,16,17,20). The van der Waals surface area contributed by atoms with E-state index < -0.39 is 18.0 Å². The zero-order valence-corrected chi connectivity index (χ0v) is 11.6. The molecule has 0 saturated heterocycles. The Morgan fingerprint density at radius 2 is 2.20 bits per heavy atom. The van der Waals surface area contributed by atoms with Crippen molar-refractivity contribution in [1.82, 2.24) is 5.32 Å². The number of nitrogens with zero attached hydrogens (tertiary/aromatic N) is 1. The third kappa shape index (κ3) is 4.44. The molecule has 1 unspecified atom stereocenters. The number of carboxylic acid groups (broad SMARTS) is 1. The number of nitrogens with one attached hydrogen (secondary N) is 2. The van der Waals surface area contributed by atoms with Crippen molar-refractivity contribution in [2.45, 2.75) is 25.8 Å². The van der Waals surface area contributed by atoms with Gasteiger partial charge in [0.05, 0.1) is 22.3 Å². The van der Waals surface area contributed by atoms with Gasteiger partial charge in [-0.1, -0.05) is 24.9 Å². The molecule has 1 aromatic rings. The van der Waals surface area contributed by atoms with Gasteiger partial charge < -0.3 is 15.7 Å². The van der Waals surface area contributed by atoms with Crippen LogP contribution in [0.4, 0.5) is 10.5 Å². The largest absolute Gasteiger partial charge is 0.480 e. The number of amides is 2. The first-order chi connectivity index (χ1) is 9.47. The molecule has 2 amide bonds. The molecule has 0 fully saturated rings. The lowest BCUT2D eigenvalue weighted by molar-refractivity contribution is -0.139. The van der Waals surface area contributed by atoms with Crippen molar-refractivity contribution >= 4 is 29.3 Å². The summed E-state index contributed by atoms with van der Waals surface area (Å²) >= 11 is 5.90. The molecule has 0 aliphatic rings. The summed E-state index contributed by atoms with van der Waals surface area (Å²) in [7, 11) is 0. The lowest BCUT2D eigenvalue weighted by Gasteiger charge is -2.14. The number of nitriles is 1. The van der Waals surface area contributed by atoms with Gasteiger partial charge in [-0.15, -0.1) is 0 Å². The van der Waals surface area contributed by atoms with Crippen LogP contribution in [0.15, 0.2) is 18.2 Å². The zero-order valence-electron chi connectivity index (χ0n) is 10.8. The first-order valence-electron chi connectivity index (χ1n) is 5.98. The van der Waals surface area contributed by atoms with Crippen LogP contribution in [0.2, 0.25) is 5.02 Å². The molecule has 0 bridgehead atoms. The number of halogens is 1. The van der Waals surface area contributed by atoms with Crippen LogP contribution in [0.5, 0.6) is 0 Å². The Bertz CT molecular complexity index is 554. The first-order valence-corrected chi connectivity index (χ1v) is 6.35. The van der Waals surface area contributed by atoms with Gasteiger partial charge in [0.1, 0.15) is 6.04 Å². The monoisotopic (exact) mass is 295 g/mol. The van der Waals surface area contributed by atoms with Crippen molar-refractivity contribution in [2.24, 2.45) is 0 Å². The van der Waals surface area contributed by atoms with E-state index in [1.807, 2.05) is 13.0 Å². The third-order valence-corrected chi connectivity index (χ3v) is 2.84. The predicted molar refractivity (Wildman–Crippen MR) is 74.7 cm³/mol. The maximum absolute atomic E-state index is 11.7. The highest BCUT2D eigenvalue weighted by atomic mass is 35.5. The maximum Gasteiger partial charge on any atom is 0.326 e. The van der Waals surface area contributed by atoms with Crippen LogP contribution in [-0.2, 0) is 4.79 Å². The fourth-order valence-corrected chi connectivity index (χ4v) is 1.78. The van der Waals surface area contributed by atoms with E-state index in [-0.39, 0.29) is 5.02 Å². The summed E-state index contributed by atoms with van der Waals surface area (Å²) in [5.74, 6) is -1.09. The molecule has 0 aromatic heterocycles. The molecule has 6 nitrogen and oxygen atoms in total. The minimum atomic E-state index is -1.09. The normalized spacial score (nSPS) is 11.2. The number of aliphatic carboxylic acids is 1. The van der Waals surface area contributed by atoms with Crippen LogP contribution < -0.4 is 10.6 Å². The second-order valence-corrected chi connectivity index (χ2v) is 4.49. The Morgan fingerprint density at radius 3 is 2.70 bits per heavy atom. The Balaban J connectivity index is 2.71. The molecule has 0 aliphatic heterocycles. The molecule has 0 radical (unpaired) electrons. The number of hydrogen-bond donors (Lipinski definition) is 3. The van der Waals surface area contributed by atoms with Gasteiger partial charge in [0.2, 0.25) is 0 Å². The van der Waals surface area contributed by atoms with E-state index in [0.717, 1.165) is 0 Å². The first kappa shape index (κ1) is 15.8. The zero-order chi connectivity index (χ0) is 15.1. The topological polar surface area (TPSA) is 102 Å². The summed E-state index contributed by atoms with van der Waals surface area (Å²) in [6.07, 6.45) is 0.971. The van der Waals surface area contributed by atoms with Crippen molar-refractivity contribution in [3.8, 4) is 6.07 Å². The summed E-state index contributed by atoms with van der Waals surface area (Å²) in [6, 6.07) is 4.72. The average molecular weight is 296 g/mol.